The number of aromatic nitrogens is 2. The number of benzene rings is 2. The Morgan fingerprint density at radius 1 is 1.12 bits per heavy atom. The average molecular weight is 352 g/mol. The van der Waals surface area contributed by atoms with Gasteiger partial charge < -0.3 is 4.74 Å². The van der Waals surface area contributed by atoms with Crippen LogP contribution in [-0.2, 0) is 6.61 Å². The monoisotopic (exact) mass is 351 g/mol. The van der Waals surface area contributed by atoms with Crippen LogP contribution in [0.3, 0.4) is 0 Å². The van der Waals surface area contributed by atoms with Crippen molar-refractivity contribution in [3.63, 3.8) is 0 Å². The zero-order chi connectivity index (χ0) is 18.0. The van der Waals surface area contributed by atoms with Gasteiger partial charge in [0.2, 0.25) is 0 Å². The Hall–Kier alpha value is -2.77. The minimum absolute atomic E-state index is 0.441. The van der Waals surface area contributed by atoms with E-state index in [1.807, 2.05) is 55.8 Å². The first-order valence-corrected chi connectivity index (χ1v) is 8.32. The normalized spacial score (nSPS) is 10.5. The highest BCUT2D eigenvalue weighted by Gasteiger charge is 2.14. The Morgan fingerprint density at radius 2 is 1.84 bits per heavy atom. The van der Waals surface area contributed by atoms with E-state index in [1.165, 1.54) is 0 Å². The summed E-state index contributed by atoms with van der Waals surface area (Å²) in [5, 5.41) is 14.2. The van der Waals surface area contributed by atoms with Gasteiger partial charge in [-0.2, -0.15) is 10.4 Å². The van der Waals surface area contributed by atoms with Crippen molar-refractivity contribution in [3.8, 4) is 17.5 Å². The van der Waals surface area contributed by atoms with Gasteiger partial charge in [0.1, 0.15) is 12.4 Å². The third kappa shape index (κ3) is 3.52. The van der Waals surface area contributed by atoms with Gasteiger partial charge >= 0.3 is 0 Å². The van der Waals surface area contributed by atoms with Crippen LogP contribution < -0.4 is 4.74 Å². The average Bonchev–Trinajstić information content (AvgIpc) is 2.89. The van der Waals surface area contributed by atoms with Gasteiger partial charge in [-0.25, -0.2) is 4.68 Å². The van der Waals surface area contributed by atoms with Gasteiger partial charge in [0.15, 0.2) is 0 Å². The second kappa shape index (κ2) is 7.00. The number of nitriles is 1. The summed E-state index contributed by atoms with van der Waals surface area (Å²) in [6, 6.07) is 15.1. The van der Waals surface area contributed by atoms with E-state index in [0.717, 1.165) is 34.0 Å². The first-order chi connectivity index (χ1) is 12.0. The van der Waals surface area contributed by atoms with Crippen molar-refractivity contribution in [2.24, 2.45) is 0 Å². The van der Waals surface area contributed by atoms with Crippen molar-refractivity contribution in [1.82, 2.24) is 9.78 Å². The Labute approximate surface area is 152 Å². The second-order valence-electron chi connectivity index (χ2n) is 5.92. The van der Waals surface area contributed by atoms with E-state index in [4.69, 9.17) is 21.6 Å². The molecule has 4 nitrogen and oxygen atoms in total. The molecule has 0 aliphatic heterocycles. The highest BCUT2D eigenvalue weighted by molar-refractivity contribution is 6.30. The van der Waals surface area contributed by atoms with E-state index >= 15 is 0 Å². The summed E-state index contributed by atoms with van der Waals surface area (Å²) in [5.41, 5.74) is 5.56. The van der Waals surface area contributed by atoms with E-state index in [1.54, 1.807) is 12.1 Å². The standard InChI is InChI=1S/C20H18ClN3O/c1-13-10-17(21)6-9-20(13)25-12-19-14(2)23-24(15(19)3)18-7-4-16(11-22)5-8-18/h4-10H,12H2,1-3H3. The molecule has 0 radical (unpaired) electrons. The lowest BCUT2D eigenvalue weighted by Gasteiger charge is -2.10. The predicted molar refractivity (Wildman–Crippen MR) is 98.3 cm³/mol. The molecule has 0 aliphatic carbocycles. The summed E-state index contributed by atoms with van der Waals surface area (Å²) in [6.45, 7) is 6.41. The van der Waals surface area contributed by atoms with Gasteiger partial charge in [0, 0.05) is 16.3 Å². The van der Waals surface area contributed by atoms with Crippen molar-refractivity contribution in [2.75, 3.05) is 0 Å². The second-order valence-corrected chi connectivity index (χ2v) is 6.35. The first kappa shape index (κ1) is 17.1. The lowest BCUT2D eigenvalue weighted by molar-refractivity contribution is 0.302. The Morgan fingerprint density at radius 3 is 2.48 bits per heavy atom. The minimum atomic E-state index is 0.441. The fourth-order valence-corrected chi connectivity index (χ4v) is 2.96. The van der Waals surface area contributed by atoms with Crippen LogP contribution in [0.5, 0.6) is 5.75 Å². The third-order valence-electron chi connectivity index (χ3n) is 4.19. The van der Waals surface area contributed by atoms with Crippen molar-refractivity contribution >= 4 is 11.6 Å². The molecular formula is C20H18ClN3O. The molecule has 5 heteroatoms. The van der Waals surface area contributed by atoms with Gasteiger partial charge in [-0.05, 0) is 68.8 Å². The summed E-state index contributed by atoms with van der Waals surface area (Å²) in [7, 11) is 0. The van der Waals surface area contributed by atoms with Crippen molar-refractivity contribution < 1.29 is 4.74 Å². The first-order valence-electron chi connectivity index (χ1n) is 7.94. The summed E-state index contributed by atoms with van der Waals surface area (Å²) in [6.07, 6.45) is 0. The molecule has 126 valence electrons. The Kier molecular flexibility index (Phi) is 4.78. The summed E-state index contributed by atoms with van der Waals surface area (Å²) < 4.78 is 7.85. The fourth-order valence-electron chi connectivity index (χ4n) is 2.74. The highest BCUT2D eigenvalue weighted by atomic mass is 35.5. The van der Waals surface area contributed by atoms with E-state index in [-0.39, 0.29) is 0 Å². The fraction of sp³-hybridized carbons (Fsp3) is 0.200. The minimum Gasteiger partial charge on any atom is -0.488 e. The highest BCUT2D eigenvalue weighted by Crippen LogP contribution is 2.25. The van der Waals surface area contributed by atoms with Gasteiger partial charge in [-0.15, -0.1) is 0 Å². The summed E-state index contributed by atoms with van der Waals surface area (Å²) in [4.78, 5) is 0. The number of hydrogen-bond acceptors (Lipinski definition) is 3. The molecule has 0 saturated carbocycles. The number of nitrogens with zero attached hydrogens (tertiary/aromatic N) is 3. The van der Waals surface area contributed by atoms with Crippen LogP contribution in [0.1, 0.15) is 28.1 Å². The van der Waals surface area contributed by atoms with E-state index in [2.05, 4.69) is 11.2 Å². The molecule has 3 rings (SSSR count). The van der Waals surface area contributed by atoms with Crippen molar-refractivity contribution in [1.29, 1.82) is 5.26 Å². The molecule has 0 saturated heterocycles. The molecule has 0 spiro atoms. The molecule has 0 aliphatic rings. The molecule has 1 heterocycles. The maximum atomic E-state index is 8.92. The molecule has 2 aromatic carbocycles. The van der Waals surface area contributed by atoms with Gasteiger partial charge in [-0.3, -0.25) is 0 Å². The van der Waals surface area contributed by atoms with E-state index in [9.17, 15) is 0 Å². The molecule has 0 atom stereocenters. The molecule has 0 bridgehead atoms. The smallest absolute Gasteiger partial charge is 0.122 e. The molecule has 0 unspecified atom stereocenters. The number of aryl methyl sites for hydroxylation is 2. The summed E-state index contributed by atoms with van der Waals surface area (Å²) in [5.74, 6) is 0.814. The van der Waals surface area contributed by atoms with Crippen molar-refractivity contribution in [2.45, 2.75) is 27.4 Å². The number of rotatable bonds is 4. The van der Waals surface area contributed by atoms with Crippen LogP contribution in [-0.4, -0.2) is 9.78 Å². The van der Waals surface area contributed by atoms with E-state index < -0.39 is 0 Å². The molecule has 1 aromatic heterocycles. The van der Waals surface area contributed by atoms with Crippen LogP contribution in [0.25, 0.3) is 5.69 Å². The van der Waals surface area contributed by atoms with Gasteiger partial charge in [0.25, 0.3) is 0 Å². The van der Waals surface area contributed by atoms with Crippen LogP contribution in [0.2, 0.25) is 5.02 Å². The molecule has 25 heavy (non-hydrogen) atoms. The van der Waals surface area contributed by atoms with E-state index in [0.29, 0.717) is 17.2 Å². The molecule has 0 fully saturated rings. The summed E-state index contributed by atoms with van der Waals surface area (Å²) >= 11 is 5.99. The lowest BCUT2D eigenvalue weighted by atomic mass is 10.2. The van der Waals surface area contributed by atoms with Crippen LogP contribution in [0.4, 0.5) is 0 Å². The maximum Gasteiger partial charge on any atom is 0.122 e. The zero-order valence-electron chi connectivity index (χ0n) is 14.4. The van der Waals surface area contributed by atoms with Crippen LogP contribution in [0, 0.1) is 32.1 Å². The molecule has 0 N–H and O–H groups in total. The lowest BCUT2D eigenvalue weighted by Crippen LogP contribution is -2.02. The maximum absolute atomic E-state index is 8.92. The predicted octanol–water partition coefficient (Wildman–Crippen LogP) is 4.90. The van der Waals surface area contributed by atoms with Gasteiger partial charge in [0.05, 0.1) is 23.0 Å². The number of hydrogen-bond donors (Lipinski definition) is 0. The molecule has 3 aromatic rings. The largest absolute Gasteiger partial charge is 0.488 e. The Balaban J connectivity index is 1.85. The number of halogens is 1. The number of ether oxygens (including phenoxy) is 1. The van der Waals surface area contributed by atoms with Crippen LogP contribution >= 0.6 is 11.6 Å². The van der Waals surface area contributed by atoms with Crippen molar-refractivity contribution in [3.05, 3.63) is 75.6 Å². The molecular weight excluding hydrogens is 334 g/mol. The SMILES string of the molecule is Cc1cc(Cl)ccc1OCc1c(C)nn(-c2ccc(C#N)cc2)c1C. The third-order valence-corrected chi connectivity index (χ3v) is 4.43. The zero-order valence-corrected chi connectivity index (χ0v) is 15.1. The quantitative estimate of drug-likeness (QED) is 0.671. The van der Waals surface area contributed by atoms with Gasteiger partial charge in [-0.1, -0.05) is 11.6 Å². The molecule has 0 amide bonds. The van der Waals surface area contributed by atoms with Crippen LogP contribution in [0.15, 0.2) is 42.5 Å². The topological polar surface area (TPSA) is 50.8 Å². The Bertz CT molecular complexity index is 952.